The third-order valence-electron chi connectivity index (χ3n) is 2.97. The molecule has 1 saturated heterocycles. The number of hydrogen-bond donors (Lipinski definition) is 1. The molecule has 0 amide bonds. The van der Waals surface area contributed by atoms with Gasteiger partial charge in [-0.3, -0.25) is 4.79 Å². The van der Waals surface area contributed by atoms with Crippen molar-refractivity contribution in [3.8, 4) is 0 Å². The van der Waals surface area contributed by atoms with E-state index in [0.29, 0.717) is 11.6 Å². The highest BCUT2D eigenvalue weighted by Gasteiger charge is 2.15. The Bertz CT molecular complexity index is 419. The fourth-order valence-corrected chi connectivity index (χ4v) is 2.14. The van der Waals surface area contributed by atoms with Crippen LogP contribution in [0, 0.1) is 0 Å². The number of anilines is 1. The van der Waals surface area contributed by atoms with Gasteiger partial charge in [-0.2, -0.15) is 0 Å². The Hall–Kier alpha value is -1.26. The molecular weight excluding hydrogens is 266 g/mol. The number of benzene rings is 1. The zero-order chi connectivity index (χ0) is 13.5. The van der Waals surface area contributed by atoms with Crippen LogP contribution in [0.1, 0.15) is 19.3 Å². The van der Waals surface area contributed by atoms with Crippen molar-refractivity contribution in [2.75, 3.05) is 25.1 Å². The first-order chi connectivity index (χ1) is 9.24. The predicted octanol–water partition coefficient (Wildman–Crippen LogP) is 2.86. The molecule has 2 rings (SSSR count). The first-order valence-electron chi connectivity index (χ1n) is 6.51. The largest absolute Gasteiger partial charge is 0.462 e. The lowest BCUT2D eigenvalue weighted by atomic mass is 10.1. The maximum Gasteiger partial charge on any atom is 0.325 e. The first-order valence-corrected chi connectivity index (χ1v) is 6.88. The zero-order valence-corrected chi connectivity index (χ0v) is 11.5. The minimum Gasteiger partial charge on any atom is -0.462 e. The van der Waals surface area contributed by atoms with Crippen LogP contribution < -0.4 is 5.32 Å². The molecule has 0 spiro atoms. The lowest BCUT2D eigenvalue weighted by Crippen LogP contribution is -2.27. The van der Waals surface area contributed by atoms with Crippen molar-refractivity contribution in [1.82, 2.24) is 0 Å². The van der Waals surface area contributed by atoms with Crippen LogP contribution in [-0.4, -0.2) is 31.8 Å². The molecule has 1 fully saturated rings. The van der Waals surface area contributed by atoms with Crippen LogP contribution in [0.5, 0.6) is 0 Å². The van der Waals surface area contributed by atoms with Crippen molar-refractivity contribution < 1.29 is 14.3 Å². The van der Waals surface area contributed by atoms with Gasteiger partial charge in [0.2, 0.25) is 0 Å². The second kappa shape index (κ2) is 7.36. The number of esters is 1. The molecule has 1 heterocycles. The summed E-state index contributed by atoms with van der Waals surface area (Å²) in [7, 11) is 0. The normalized spacial score (nSPS) is 18.9. The molecule has 1 atom stereocenters. The van der Waals surface area contributed by atoms with Gasteiger partial charge in [0.15, 0.2) is 0 Å². The van der Waals surface area contributed by atoms with Crippen LogP contribution in [0.15, 0.2) is 24.3 Å². The quantitative estimate of drug-likeness (QED) is 0.844. The zero-order valence-electron chi connectivity index (χ0n) is 10.7. The molecule has 0 saturated carbocycles. The van der Waals surface area contributed by atoms with Crippen LogP contribution in [0.3, 0.4) is 0 Å². The van der Waals surface area contributed by atoms with E-state index in [4.69, 9.17) is 21.1 Å². The topological polar surface area (TPSA) is 47.6 Å². The lowest BCUT2D eigenvalue weighted by Gasteiger charge is -2.22. The van der Waals surface area contributed by atoms with Gasteiger partial charge in [0.1, 0.15) is 13.2 Å². The van der Waals surface area contributed by atoms with E-state index in [1.54, 1.807) is 12.1 Å². The third kappa shape index (κ3) is 5.09. The molecule has 0 bridgehead atoms. The fraction of sp³-hybridized carbons (Fsp3) is 0.500. The standard InChI is InChI=1S/C14H18ClNO3/c15-11-4-3-5-12(8-11)16-9-14(17)19-10-13-6-1-2-7-18-13/h3-5,8,13,16H,1-2,6-7,9-10H2. The van der Waals surface area contributed by atoms with E-state index in [2.05, 4.69) is 5.32 Å². The van der Waals surface area contributed by atoms with Crippen LogP contribution in [0.4, 0.5) is 5.69 Å². The molecule has 1 aliphatic rings. The van der Waals surface area contributed by atoms with Gasteiger partial charge in [-0.1, -0.05) is 17.7 Å². The molecule has 1 unspecified atom stereocenters. The predicted molar refractivity (Wildman–Crippen MR) is 74.5 cm³/mol. The van der Waals surface area contributed by atoms with E-state index >= 15 is 0 Å². The fourth-order valence-electron chi connectivity index (χ4n) is 1.95. The second-order valence-electron chi connectivity index (χ2n) is 4.54. The van der Waals surface area contributed by atoms with Gasteiger partial charge in [-0.15, -0.1) is 0 Å². The number of rotatable bonds is 5. The summed E-state index contributed by atoms with van der Waals surface area (Å²) in [5.41, 5.74) is 0.804. The number of carbonyl (C=O) groups excluding carboxylic acids is 1. The molecule has 104 valence electrons. The highest BCUT2D eigenvalue weighted by atomic mass is 35.5. The van der Waals surface area contributed by atoms with E-state index in [1.807, 2.05) is 12.1 Å². The molecule has 0 aromatic heterocycles. The Morgan fingerprint density at radius 2 is 2.37 bits per heavy atom. The molecule has 1 aromatic rings. The van der Waals surface area contributed by atoms with Crippen LogP contribution in [-0.2, 0) is 14.3 Å². The number of halogens is 1. The Morgan fingerprint density at radius 3 is 3.11 bits per heavy atom. The van der Waals surface area contributed by atoms with E-state index in [9.17, 15) is 4.79 Å². The monoisotopic (exact) mass is 283 g/mol. The van der Waals surface area contributed by atoms with E-state index in [1.165, 1.54) is 0 Å². The van der Waals surface area contributed by atoms with E-state index in [0.717, 1.165) is 31.6 Å². The van der Waals surface area contributed by atoms with Crippen molar-refractivity contribution >= 4 is 23.3 Å². The minimum atomic E-state index is -0.283. The van der Waals surface area contributed by atoms with E-state index in [-0.39, 0.29) is 18.6 Å². The Labute approximate surface area is 118 Å². The highest BCUT2D eigenvalue weighted by Crippen LogP contribution is 2.15. The van der Waals surface area contributed by atoms with Gasteiger partial charge in [-0.25, -0.2) is 0 Å². The van der Waals surface area contributed by atoms with Crippen molar-refractivity contribution in [3.63, 3.8) is 0 Å². The number of hydrogen-bond acceptors (Lipinski definition) is 4. The van der Waals surface area contributed by atoms with Crippen LogP contribution >= 0.6 is 11.6 Å². The van der Waals surface area contributed by atoms with Crippen molar-refractivity contribution in [2.24, 2.45) is 0 Å². The smallest absolute Gasteiger partial charge is 0.325 e. The molecule has 5 heteroatoms. The summed E-state index contributed by atoms with van der Waals surface area (Å²) in [6.07, 6.45) is 3.27. The SMILES string of the molecule is O=C(CNc1cccc(Cl)c1)OCC1CCCCO1. The summed E-state index contributed by atoms with van der Waals surface area (Å²) in [4.78, 5) is 11.6. The summed E-state index contributed by atoms with van der Waals surface area (Å²) in [6, 6.07) is 7.22. The van der Waals surface area contributed by atoms with Crippen molar-refractivity contribution in [2.45, 2.75) is 25.4 Å². The number of carbonyl (C=O) groups is 1. The summed E-state index contributed by atoms with van der Waals surface area (Å²) in [5, 5.41) is 3.61. The molecule has 1 aromatic carbocycles. The molecule has 4 nitrogen and oxygen atoms in total. The van der Waals surface area contributed by atoms with Crippen LogP contribution in [0.2, 0.25) is 5.02 Å². The average Bonchev–Trinajstić information content (AvgIpc) is 2.44. The number of nitrogens with one attached hydrogen (secondary N) is 1. The molecular formula is C14H18ClNO3. The second-order valence-corrected chi connectivity index (χ2v) is 4.97. The van der Waals surface area contributed by atoms with Gasteiger partial charge < -0.3 is 14.8 Å². The Kier molecular flexibility index (Phi) is 5.48. The Morgan fingerprint density at radius 1 is 1.47 bits per heavy atom. The van der Waals surface area contributed by atoms with E-state index < -0.39 is 0 Å². The molecule has 19 heavy (non-hydrogen) atoms. The van der Waals surface area contributed by atoms with Crippen LogP contribution in [0.25, 0.3) is 0 Å². The van der Waals surface area contributed by atoms with Gasteiger partial charge in [0.25, 0.3) is 0 Å². The van der Waals surface area contributed by atoms with Gasteiger partial charge in [0.05, 0.1) is 6.10 Å². The molecule has 0 radical (unpaired) electrons. The maximum absolute atomic E-state index is 11.6. The van der Waals surface area contributed by atoms with Gasteiger partial charge in [-0.05, 0) is 37.5 Å². The summed E-state index contributed by atoms with van der Waals surface area (Å²) in [5.74, 6) is -0.283. The molecule has 1 N–H and O–H groups in total. The summed E-state index contributed by atoms with van der Waals surface area (Å²) in [6.45, 7) is 1.24. The summed E-state index contributed by atoms with van der Waals surface area (Å²) < 4.78 is 10.7. The lowest BCUT2D eigenvalue weighted by molar-refractivity contribution is -0.146. The molecule has 1 aliphatic heterocycles. The van der Waals surface area contributed by atoms with Gasteiger partial charge in [0, 0.05) is 17.3 Å². The minimum absolute atomic E-state index is 0.0591. The molecule has 0 aliphatic carbocycles. The highest BCUT2D eigenvalue weighted by molar-refractivity contribution is 6.30. The maximum atomic E-state index is 11.6. The van der Waals surface area contributed by atoms with Crippen molar-refractivity contribution in [1.29, 1.82) is 0 Å². The average molecular weight is 284 g/mol. The van der Waals surface area contributed by atoms with Crippen molar-refractivity contribution in [3.05, 3.63) is 29.3 Å². The summed E-state index contributed by atoms with van der Waals surface area (Å²) >= 11 is 5.85. The first kappa shape index (κ1) is 14.2. The third-order valence-corrected chi connectivity index (χ3v) is 3.20. The van der Waals surface area contributed by atoms with Gasteiger partial charge >= 0.3 is 5.97 Å². The number of ether oxygens (including phenoxy) is 2. The Balaban J connectivity index is 1.66.